The maximum absolute atomic E-state index is 5.86. The van der Waals surface area contributed by atoms with Crippen LogP contribution in [0, 0.1) is 5.92 Å². The van der Waals surface area contributed by atoms with E-state index in [1.165, 1.54) is 25.7 Å². The highest BCUT2D eigenvalue weighted by molar-refractivity contribution is 6.44. The van der Waals surface area contributed by atoms with Gasteiger partial charge in [-0.1, -0.05) is 40.5 Å². The molecule has 0 unspecified atom stereocenters. The minimum absolute atomic E-state index is 0.699. The van der Waals surface area contributed by atoms with Gasteiger partial charge in [-0.15, -0.1) is 0 Å². The normalized spacial score (nSPS) is 11.6. The Kier molecular flexibility index (Phi) is 10.7. The first-order valence-corrected chi connectivity index (χ1v) is 8.19. The van der Waals surface area contributed by atoms with Crippen molar-refractivity contribution in [1.29, 1.82) is 0 Å². The second-order valence-corrected chi connectivity index (χ2v) is 6.50. The molecule has 15 heavy (non-hydrogen) atoms. The van der Waals surface area contributed by atoms with Crippen molar-refractivity contribution in [1.82, 2.24) is 0 Å². The van der Waals surface area contributed by atoms with E-state index in [4.69, 9.17) is 8.85 Å². The van der Waals surface area contributed by atoms with Crippen molar-refractivity contribution in [3.05, 3.63) is 0 Å². The van der Waals surface area contributed by atoms with Crippen LogP contribution in [0.25, 0.3) is 0 Å². The largest absolute Gasteiger partial charge is 0.397 e. The lowest BCUT2D eigenvalue weighted by Gasteiger charge is -2.18. The zero-order valence-electron chi connectivity index (χ0n) is 10.9. The van der Waals surface area contributed by atoms with Gasteiger partial charge in [0.05, 0.1) is 0 Å². The summed E-state index contributed by atoms with van der Waals surface area (Å²) in [6.07, 6.45) is 4.74. The van der Waals surface area contributed by atoms with Gasteiger partial charge in [-0.25, -0.2) is 0 Å². The summed E-state index contributed by atoms with van der Waals surface area (Å²) < 4.78 is 11.7. The van der Waals surface area contributed by atoms with Gasteiger partial charge in [-0.3, -0.25) is 0 Å². The summed E-state index contributed by atoms with van der Waals surface area (Å²) in [4.78, 5) is 0. The summed E-state index contributed by atoms with van der Waals surface area (Å²) >= 11 is 0. The maximum atomic E-state index is 5.86. The Morgan fingerprint density at radius 3 is 1.73 bits per heavy atom. The lowest BCUT2D eigenvalue weighted by molar-refractivity contribution is 0.188. The SMILES string of the molecule is CCCCO[SiH](CC(C)C)OCCCC. The quantitative estimate of drug-likeness (QED) is 0.424. The van der Waals surface area contributed by atoms with Gasteiger partial charge in [0.2, 0.25) is 0 Å². The Labute approximate surface area is 97.2 Å². The highest BCUT2D eigenvalue weighted by Crippen LogP contribution is 2.09. The molecule has 0 heterocycles. The second-order valence-electron chi connectivity index (χ2n) is 4.51. The molecule has 0 rings (SSSR count). The van der Waals surface area contributed by atoms with Crippen molar-refractivity contribution in [2.45, 2.75) is 59.4 Å². The highest BCUT2D eigenvalue weighted by Gasteiger charge is 2.14. The van der Waals surface area contributed by atoms with Crippen molar-refractivity contribution in [2.24, 2.45) is 5.92 Å². The molecule has 0 aliphatic heterocycles. The van der Waals surface area contributed by atoms with Gasteiger partial charge in [0.25, 0.3) is 0 Å². The summed E-state index contributed by atoms with van der Waals surface area (Å²) in [6, 6.07) is 1.15. The van der Waals surface area contributed by atoms with Crippen LogP contribution in [-0.2, 0) is 8.85 Å². The Balaban J connectivity index is 3.63. The predicted molar refractivity (Wildman–Crippen MR) is 68.5 cm³/mol. The smallest absolute Gasteiger partial charge is 0.321 e. The Hall–Kier alpha value is 0.137. The van der Waals surface area contributed by atoms with Gasteiger partial charge in [-0.2, -0.15) is 0 Å². The van der Waals surface area contributed by atoms with Crippen molar-refractivity contribution in [2.75, 3.05) is 13.2 Å². The molecular formula is C12H28O2Si. The van der Waals surface area contributed by atoms with Gasteiger partial charge in [0.15, 0.2) is 0 Å². The molecule has 92 valence electrons. The van der Waals surface area contributed by atoms with Gasteiger partial charge >= 0.3 is 9.28 Å². The molecule has 0 aliphatic rings. The van der Waals surface area contributed by atoms with Crippen LogP contribution in [0.15, 0.2) is 0 Å². The third kappa shape index (κ3) is 10.4. The standard InChI is InChI=1S/C12H28O2Si/c1-5-7-9-13-15(11-12(3)4)14-10-8-6-2/h12,15H,5-11H2,1-4H3. The lowest BCUT2D eigenvalue weighted by atomic mass is 10.3. The van der Waals surface area contributed by atoms with E-state index in [2.05, 4.69) is 27.7 Å². The highest BCUT2D eigenvalue weighted by atomic mass is 28.3. The minimum Gasteiger partial charge on any atom is -0.397 e. The van der Waals surface area contributed by atoms with Crippen molar-refractivity contribution in [3.63, 3.8) is 0 Å². The zero-order valence-corrected chi connectivity index (χ0v) is 12.1. The average molecular weight is 232 g/mol. The molecule has 0 aromatic heterocycles. The second kappa shape index (κ2) is 10.6. The summed E-state index contributed by atoms with van der Waals surface area (Å²) in [5.74, 6) is 0.699. The third-order valence-corrected chi connectivity index (χ3v) is 4.81. The topological polar surface area (TPSA) is 18.5 Å². The molecule has 0 saturated heterocycles. The molecule has 2 nitrogen and oxygen atoms in total. The van der Waals surface area contributed by atoms with E-state index in [0.29, 0.717) is 5.92 Å². The van der Waals surface area contributed by atoms with E-state index in [1.807, 2.05) is 0 Å². The number of hydrogen-bond acceptors (Lipinski definition) is 2. The van der Waals surface area contributed by atoms with Gasteiger partial charge in [0.1, 0.15) is 0 Å². The van der Waals surface area contributed by atoms with Crippen LogP contribution in [0.5, 0.6) is 0 Å². The number of unbranched alkanes of at least 4 members (excludes halogenated alkanes) is 2. The Morgan fingerprint density at radius 2 is 1.40 bits per heavy atom. The van der Waals surface area contributed by atoms with Crippen LogP contribution in [0.3, 0.4) is 0 Å². The Bertz CT molecular complexity index is 119. The van der Waals surface area contributed by atoms with Gasteiger partial charge in [0, 0.05) is 13.2 Å². The van der Waals surface area contributed by atoms with E-state index in [9.17, 15) is 0 Å². The molecule has 0 atom stereocenters. The van der Waals surface area contributed by atoms with E-state index in [0.717, 1.165) is 19.3 Å². The van der Waals surface area contributed by atoms with Crippen LogP contribution in [0.4, 0.5) is 0 Å². The summed E-state index contributed by atoms with van der Waals surface area (Å²) in [5.41, 5.74) is 0. The minimum atomic E-state index is -1.35. The van der Waals surface area contributed by atoms with Gasteiger partial charge < -0.3 is 8.85 Å². The number of rotatable bonds is 10. The first kappa shape index (κ1) is 15.1. The summed E-state index contributed by atoms with van der Waals surface area (Å²) in [6.45, 7) is 10.7. The molecule has 0 aromatic rings. The zero-order chi connectivity index (χ0) is 11.5. The molecule has 0 aromatic carbocycles. The monoisotopic (exact) mass is 232 g/mol. The molecule has 3 heteroatoms. The average Bonchev–Trinajstić information content (AvgIpc) is 2.17. The third-order valence-electron chi connectivity index (χ3n) is 2.27. The summed E-state index contributed by atoms with van der Waals surface area (Å²) in [7, 11) is -1.35. The van der Waals surface area contributed by atoms with Gasteiger partial charge in [-0.05, 0) is 24.8 Å². The van der Waals surface area contributed by atoms with Crippen molar-refractivity contribution < 1.29 is 8.85 Å². The first-order chi connectivity index (χ1) is 7.20. The fraction of sp³-hybridized carbons (Fsp3) is 1.00. The molecule has 0 saturated carbocycles. The summed E-state index contributed by atoms with van der Waals surface area (Å²) in [5, 5.41) is 0. The van der Waals surface area contributed by atoms with Crippen LogP contribution < -0.4 is 0 Å². The maximum Gasteiger partial charge on any atom is 0.321 e. The van der Waals surface area contributed by atoms with Crippen LogP contribution >= 0.6 is 0 Å². The molecule has 0 N–H and O–H groups in total. The van der Waals surface area contributed by atoms with Crippen LogP contribution in [0.2, 0.25) is 6.04 Å². The van der Waals surface area contributed by atoms with E-state index >= 15 is 0 Å². The molecule has 0 fully saturated rings. The predicted octanol–water partition coefficient (Wildman–Crippen LogP) is 3.50. The van der Waals surface area contributed by atoms with Crippen LogP contribution in [-0.4, -0.2) is 22.5 Å². The molecule has 0 amide bonds. The van der Waals surface area contributed by atoms with Crippen molar-refractivity contribution >= 4 is 9.28 Å². The Morgan fingerprint density at radius 1 is 0.933 bits per heavy atom. The van der Waals surface area contributed by atoms with E-state index < -0.39 is 9.28 Å². The molecule has 0 spiro atoms. The molecule has 0 radical (unpaired) electrons. The van der Waals surface area contributed by atoms with Crippen molar-refractivity contribution in [3.8, 4) is 0 Å². The fourth-order valence-corrected chi connectivity index (χ4v) is 3.28. The number of hydrogen-bond donors (Lipinski definition) is 0. The van der Waals surface area contributed by atoms with E-state index in [1.54, 1.807) is 0 Å². The molecule has 0 aliphatic carbocycles. The molecule has 0 bridgehead atoms. The lowest BCUT2D eigenvalue weighted by Crippen LogP contribution is -2.25. The van der Waals surface area contributed by atoms with E-state index in [-0.39, 0.29) is 0 Å². The first-order valence-electron chi connectivity index (χ1n) is 6.43. The molecular weight excluding hydrogens is 204 g/mol. The van der Waals surface area contributed by atoms with Crippen LogP contribution in [0.1, 0.15) is 53.4 Å². The fourth-order valence-electron chi connectivity index (χ4n) is 1.29.